The largest absolute Gasteiger partial charge is 0.411 e. The molecule has 0 aliphatic carbocycles. The van der Waals surface area contributed by atoms with Gasteiger partial charge in [-0.1, -0.05) is 5.16 Å². The number of hydrogen-bond donors (Lipinski definition) is 2. The van der Waals surface area contributed by atoms with Crippen LogP contribution in [0.4, 0.5) is 0 Å². The van der Waals surface area contributed by atoms with Gasteiger partial charge >= 0.3 is 0 Å². The maximum atomic E-state index is 7.99. The fourth-order valence-electron chi connectivity index (χ4n) is 0.543. The molecule has 4 nitrogen and oxygen atoms in total. The summed E-state index contributed by atoms with van der Waals surface area (Å²) in [6.45, 7) is 0.740. The Hall–Kier alpha value is -1.06. The van der Waals surface area contributed by atoms with Gasteiger partial charge in [0.15, 0.2) is 0 Å². The van der Waals surface area contributed by atoms with E-state index in [1.165, 1.54) is 6.21 Å². The van der Waals surface area contributed by atoms with E-state index >= 15 is 0 Å². The number of nitrogens with zero attached hydrogens (tertiary/aromatic N) is 2. The van der Waals surface area contributed by atoms with Crippen molar-refractivity contribution in [3.63, 3.8) is 0 Å². The predicted molar refractivity (Wildman–Crippen MR) is 30.6 cm³/mol. The summed E-state index contributed by atoms with van der Waals surface area (Å²) in [5.74, 6) is 0. The lowest BCUT2D eigenvalue weighted by atomic mass is 10.4. The van der Waals surface area contributed by atoms with Crippen LogP contribution in [0.15, 0.2) is 10.1 Å². The minimum atomic E-state index is 0.0278. The van der Waals surface area contributed by atoms with Crippen molar-refractivity contribution in [1.82, 2.24) is 5.32 Å². The lowest BCUT2D eigenvalue weighted by Gasteiger charge is -1.91. The first kappa shape index (κ1) is 5.08. The number of aliphatic imine (C=N–C) groups is 1. The van der Waals surface area contributed by atoms with Gasteiger partial charge in [-0.25, -0.2) is 0 Å². The molecule has 1 heterocycles. The summed E-state index contributed by atoms with van der Waals surface area (Å²) in [7, 11) is 0. The molecular weight excluding hydrogens is 106 g/mol. The minimum absolute atomic E-state index is 0.0278. The first-order chi connectivity index (χ1) is 3.93. The Balaban J connectivity index is 2.36. The molecule has 0 amide bonds. The molecule has 1 aliphatic rings. The van der Waals surface area contributed by atoms with Gasteiger partial charge in [-0.2, -0.15) is 0 Å². The predicted octanol–water partition coefficient (Wildman–Crippen LogP) is -0.554. The Labute approximate surface area is 46.9 Å². The van der Waals surface area contributed by atoms with Crippen LogP contribution < -0.4 is 5.32 Å². The lowest BCUT2D eigenvalue weighted by Crippen LogP contribution is -2.15. The Morgan fingerprint density at radius 1 is 2.00 bits per heavy atom. The molecule has 0 aromatic heterocycles. The molecule has 0 saturated heterocycles. The number of hydrogen-bond acceptors (Lipinski definition) is 4. The van der Waals surface area contributed by atoms with E-state index in [4.69, 9.17) is 5.21 Å². The Morgan fingerprint density at radius 2 is 2.88 bits per heavy atom. The van der Waals surface area contributed by atoms with Crippen LogP contribution in [-0.2, 0) is 0 Å². The van der Waals surface area contributed by atoms with Gasteiger partial charge < -0.3 is 10.5 Å². The molecule has 1 aliphatic heterocycles. The fraction of sp³-hybridized carbons (Fsp3) is 0.500. The molecule has 4 heteroatoms. The molecule has 0 radical (unpaired) electrons. The van der Waals surface area contributed by atoms with Crippen LogP contribution in [0.5, 0.6) is 0 Å². The van der Waals surface area contributed by atoms with Crippen LogP contribution in [0.1, 0.15) is 0 Å². The van der Waals surface area contributed by atoms with Crippen molar-refractivity contribution >= 4 is 12.6 Å². The Morgan fingerprint density at radius 3 is 3.38 bits per heavy atom. The van der Waals surface area contributed by atoms with Gasteiger partial charge in [0.2, 0.25) is 0 Å². The highest BCUT2D eigenvalue weighted by Crippen LogP contribution is 1.87. The molecular formula is C4H7N3O. The molecule has 0 aromatic rings. The van der Waals surface area contributed by atoms with Crippen LogP contribution in [-0.4, -0.2) is 30.3 Å². The zero-order valence-corrected chi connectivity index (χ0v) is 4.28. The van der Waals surface area contributed by atoms with E-state index in [0.717, 1.165) is 6.54 Å². The topological polar surface area (TPSA) is 57.0 Å². The maximum Gasteiger partial charge on any atom is 0.107 e. The van der Waals surface area contributed by atoms with Gasteiger partial charge in [0.05, 0.1) is 12.6 Å². The summed E-state index contributed by atoms with van der Waals surface area (Å²) >= 11 is 0. The molecule has 0 aromatic carbocycles. The second-order valence-electron chi connectivity index (χ2n) is 1.52. The fourth-order valence-corrected chi connectivity index (χ4v) is 0.543. The van der Waals surface area contributed by atoms with Gasteiger partial charge in [-0.15, -0.1) is 0 Å². The summed E-state index contributed by atoms with van der Waals surface area (Å²) in [5.41, 5.74) is 0. The first-order valence-corrected chi connectivity index (χ1v) is 2.36. The highest BCUT2D eigenvalue weighted by Gasteiger charge is 2.04. The lowest BCUT2D eigenvalue weighted by molar-refractivity contribution is 0.320. The van der Waals surface area contributed by atoms with Crippen LogP contribution in [0.25, 0.3) is 0 Å². The standard InChI is InChI=1S/C4H7N3O/c8-7-2-4-1-5-3-6-4/h2-4,8H,1H2,(H,5,6). The zero-order chi connectivity index (χ0) is 5.82. The highest BCUT2D eigenvalue weighted by atomic mass is 16.4. The van der Waals surface area contributed by atoms with Crippen LogP contribution in [0.2, 0.25) is 0 Å². The van der Waals surface area contributed by atoms with Gasteiger partial charge in [-0.3, -0.25) is 4.99 Å². The minimum Gasteiger partial charge on any atom is -0.411 e. The zero-order valence-electron chi connectivity index (χ0n) is 4.28. The van der Waals surface area contributed by atoms with Gasteiger partial charge in [0.1, 0.15) is 6.04 Å². The molecule has 1 rings (SSSR count). The quantitative estimate of drug-likeness (QED) is 0.272. The van der Waals surface area contributed by atoms with Gasteiger partial charge in [0, 0.05) is 6.54 Å². The van der Waals surface area contributed by atoms with Crippen molar-refractivity contribution in [2.75, 3.05) is 6.54 Å². The highest BCUT2D eigenvalue weighted by molar-refractivity contribution is 5.71. The van der Waals surface area contributed by atoms with Crippen LogP contribution >= 0.6 is 0 Å². The molecule has 8 heavy (non-hydrogen) atoms. The molecule has 0 fully saturated rings. The van der Waals surface area contributed by atoms with Crippen molar-refractivity contribution in [3.8, 4) is 0 Å². The van der Waals surface area contributed by atoms with Gasteiger partial charge in [-0.05, 0) is 0 Å². The number of rotatable bonds is 1. The third-order valence-corrected chi connectivity index (χ3v) is 0.923. The summed E-state index contributed by atoms with van der Waals surface area (Å²) in [4.78, 5) is 3.88. The van der Waals surface area contributed by atoms with Crippen molar-refractivity contribution in [1.29, 1.82) is 0 Å². The second kappa shape index (κ2) is 2.30. The van der Waals surface area contributed by atoms with Crippen molar-refractivity contribution in [2.24, 2.45) is 10.1 Å². The monoisotopic (exact) mass is 113 g/mol. The summed E-state index contributed by atoms with van der Waals surface area (Å²) < 4.78 is 0. The third kappa shape index (κ3) is 0.959. The molecule has 0 spiro atoms. The van der Waals surface area contributed by atoms with Crippen molar-refractivity contribution in [3.05, 3.63) is 0 Å². The van der Waals surface area contributed by atoms with Crippen LogP contribution in [0.3, 0.4) is 0 Å². The molecule has 1 atom stereocenters. The molecule has 1 unspecified atom stereocenters. The normalized spacial score (nSPS) is 26.8. The number of oxime groups is 1. The average molecular weight is 113 g/mol. The first-order valence-electron chi connectivity index (χ1n) is 2.36. The SMILES string of the molecule is ON=CC1CNC=N1. The van der Waals surface area contributed by atoms with Crippen molar-refractivity contribution in [2.45, 2.75) is 6.04 Å². The second-order valence-corrected chi connectivity index (χ2v) is 1.52. The molecule has 44 valence electrons. The molecule has 0 bridgehead atoms. The summed E-state index contributed by atoms with van der Waals surface area (Å²) in [6, 6.07) is 0.0278. The number of nitrogens with one attached hydrogen (secondary N) is 1. The van der Waals surface area contributed by atoms with E-state index in [1.54, 1.807) is 6.34 Å². The van der Waals surface area contributed by atoms with E-state index in [-0.39, 0.29) is 6.04 Å². The van der Waals surface area contributed by atoms with E-state index in [0.29, 0.717) is 0 Å². The van der Waals surface area contributed by atoms with E-state index in [9.17, 15) is 0 Å². The molecule has 2 N–H and O–H groups in total. The van der Waals surface area contributed by atoms with Crippen molar-refractivity contribution < 1.29 is 5.21 Å². The van der Waals surface area contributed by atoms with E-state index < -0.39 is 0 Å². The summed E-state index contributed by atoms with van der Waals surface area (Å²) in [5, 5.41) is 13.7. The molecule has 0 saturated carbocycles. The smallest absolute Gasteiger partial charge is 0.107 e. The Kier molecular flexibility index (Phi) is 1.46. The maximum absolute atomic E-state index is 7.99. The van der Waals surface area contributed by atoms with Gasteiger partial charge in [0.25, 0.3) is 0 Å². The summed E-state index contributed by atoms with van der Waals surface area (Å²) in [6.07, 6.45) is 2.99. The Bertz CT molecular complexity index is 120. The third-order valence-electron chi connectivity index (χ3n) is 0.923. The average Bonchev–Trinajstić information content (AvgIpc) is 2.19. The van der Waals surface area contributed by atoms with Crippen LogP contribution in [0, 0.1) is 0 Å². The van der Waals surface area contributed by atoms with E-state index in [2.05, 4.69) is 15.5 Å². The van der Waals surface area contributed by atoms with E-state index in [1.807, 2.05) is 0 Å².